The molecule has 1 aliphatic rings. The van der Waals surface area contributed by atoms with Crippen LogP contribution in [0.2, 0.25) is 0 Å². The number of hydrogen-bond donors (Lipinski definition) is 1. The molecule has 4 nitrogen and oxygen atoms in total. The Bertz CT molecular complexity index is 554. The molecule has 1 atom stereocenters. The fraction of sp³-hybridized carbons (Fsp3) is 0.588. The average molecular weight is 343 g/mol. The van der Waals surface area contributed by atoms with E-state index in [9.17, 15) is 18.0 Å². The van der Waals surface area contributed by atoms with Crippen LogP contribution in [0.15, 0.2) is 24.3 Å². The lowest BCUT2D eigenvalue weighted by Crippen LogP contribution is -2.54. The van der Waals surface area contributed by atoms with Gasteiger partial charge in [0.2, 0.25) is 5.91 Å². The van der Waals surface area contributed by atoms with Crippen molar-refractivity contribution < 1.29 is 18.0 Å². The number of rotatable bonds is 5. The first-order chi connectivity index (χ1) is 11.3. The smallest absolute Gasteiger partial charge is 0.369 e. The summed E-state index contributed by atoms with van der Waals surface area (Å²) in [6.07, 6.45) is -3.44. The van der Waals surface area contributed by atoms with Crippen molar-refractivity contribution in [1.82, 2.24) is 10.2 Å². The van der Waals surface area contributed by atoms with Gasteiger partial charge in [0.05, 0.1) is 11.6 Å². The van der Waals surface area contributed by atoms with E-state index >= 15 is 0 Å². The van der Waals surface area contributed by atoms with E-state index in [1.807, 2.05) is 18.7 Å². The van der Waals surface area contributed by atoms with E-state index in [0.29, 0.717) is 38.4 Å². The lowest BCUT2D eigenvalue weighted by molar-refractivity contribution is -0.137. The molecule has 24 heavy (non-hydrogen) atoms. The van der Waals surface area contributed by atoms with Gasteiger partial charge in [0.15, 0.2) is 0 Å². The molecule has 0 unspecified atom stereocenters. The number of carbonyl (C=O) groups is 1. The van der Waals surface area contributed by atoms with Gasteiger partial charge in [-0.2, -0.15) is 13.2 Å². The maximum atomic E-state index is 12.8. The molecule has 1 saturated heterocycles. The highest BCUT2D eigenvalue weighted by Crippen LogP contribution is 2.31. The molecule has 0 spiro atoms. The van der Waals surface area contributed by atoms with Crippen LogP contribution in [0.4, 0.5) is 18.9 Å². The van der Waals surface area contributed by atoms with Crippen molar-refractivity contribution >= 4 is 11.6 Å². The van der Waals surface area contributed by atoms with Gasteiger partial charge in [-0.15, -0.1) is 0 Å². The molecular formula is C17H24F3N3O. The first kappa shape index (κ1) is 18.6. The third kappa shape index (κ3) is 4.63. The van der Waals surface area contributed by atoms with Crippen LogP contribution in [-0.2, 0) is 11.0 Å². The van der Waals surface area contributed by atoms with Crippen LogP contribution < -0.4 is 10.2 Å². The molecule has 0 saturated carbocycles. The minimum atomic E-state index is -4.33. The Kier molecular flexibility index (Phi) is 6.10. The number of anilines is 1. The number of halogens is 3. The molecule has 1 amide bonds. The number of benzene rings is 1. The van der Waals surface area contributed by atoms with Crippen LogP contribution in [0.5, 0.6) is 0 Å². The van der Waals surface area contributed by atoms with Crippen molar-refractivity contribution in [3.63, 3.8) is 0 Å². The highest BCUT2D eigenvalue weighted by Gasteiger charge is 2.31. The number of amides is 1. The average Bonchev–Trinajstić information content (AvgIpc) is 2.58. The van der Waals surface area contributed by atoms with Gasteiger partial charge in [0, 0.05) is 38.4 Å². The first-order valence-corrected chi connectivity index (χ1v) is 8.27. The summed E-state index contributed by atoms with van der Waals surface area (Å²) >= 11 is 0. The van der Waals surface area contributed by atoms with Gasteiger partial charge < -0.3 is 10.2 Å². The summed E-state index contributed by atoms with van der Waals surface area (Å²) in [5.74, 6) is 0.00405. The third-order valence-electron chi connectivity index (χ3n) is 4.33. The summed E-state index contributed by atoms with van der Waals surface area (Å²) < 4.78 is 38.5. The fourth-order valence-corrected chi connectivity index (χ4v) is 2.81. The molecule has 1 N–H and O–H groups in total. The normalized spacial score (nSPS) is 17.6. The van der Waals surface area contributed by atoms with Gasteiger partial charge in [0.1, 0.15) is 0 Å². The summed E-state index contributed by atoms with van der Waals surface area (Å²) in [5.41, 5.74) is -0.0534. The third-order valence-corrected chi connectivity index (χ3v) is 4.33. The van der Waals surface area contributed by atoms with Crippen LogP contribution in [-0.4, -0.2) is 49.6 Å². The summed E-state index contributed by atoms with van der Waals surface area (Å²) in [7, 11) is 0. The number of alkyl halides is 3. The second-order valence-electron chi connectivity index (χ2n) is 6.04. The van der Waals surface area contributed by atoms with Crippen molar-refractivity contribution in [2.75, 3.05) is 37.6 Å². The maximum absolute atomic E-state index is 12.8. The Morgan fingerprint density at radius 2 is 1.92 bits per heavy atom. The Balaban J connectivity index is 1.94. The van der Waals surface area contributed by atoms with Gasteiger partial charge >= 0.3 is 6.18 Å². The molecule has 0 aromatic heterocycles. The van der Waals surface area contributed by atoms with Gasteiger partial charge in [-0.3, -0.25) is 9.69 Å². The van der Waals surface area contributed by atoms with E-state index in [1.54, 1.807) is 6.07 Å². The summed E-state index contributed by atoms with van der Waals surface area (Å²) in [6, 6.07) is 5.18. The molecule has 0 bridgehead atoms. The minimum absolute atomic E-state index is 0.00405. The second kappa shape index (κ2) is 7.88. The second-order valence-corrected chi connectivity index (χ2v) is 6.04. The van der Waals surface area contributed by atoms with E-state index < -0.39 is 11.7 Å². The number of hydrogen-bond acceptors (Lipinski definition) is 3. The molecule has 1 fully saturated rings. The number of nitrogens with zero attached hydrogens (tertiary/aromatic N) is 2. The van der Waals surface area contributed by atoms with Crippen molar-refractivity contribution in [1.29, 1.82) is 0 Å². The van der Waals surface area contributed by atoms with Gasteiger partial charge in [-0.25, -0.2) is 0 Å². The topological polar surface area (TPSA) is 35.6 Å². The molecule has 7 heteroatoms. The van der Waals surface area contributed by atoms with Crippen LogP contribution in [0, 0.1) is 0 Å². The number of carbonyl (C=O) groups excluding carboxylic acids is 1. The lowest BCUT2D eigenvalue weighted by Gasteiger charge is -2.38. The largest absolute Gasteiger partial charge is 0.416 e. The molecule has 2 rings (SSSR count). The summed E-state index contributed by atoms with van der Waals surface area (Å²) in [5, 5.41) is 2.88. The van der Waals surface area contributed by atoms with E-state index in [-0.39, 0.29) is 11.9 Å². The number of nitrogens with one attached hydrogen (secondary N) is 1. The van der Waals surface area contributed by atoms with Crippen molar-refractivity contribution in [3.05, 3.63) is 29.8 Å². The van der Waals surface area contributed by atoms with Gasteiger partial charge in [-0.05, 0) is 31.5 Å². The molecule has 1 aliphatic heterocycles. The molecular weight excluding hydrogens is 319 g/mol. The van der Waals surface area contributed by atoms with Crippen LogP contribution in [0.3, 0.4) is 0 Å². The molecule has 0 radical (unpaired) electrons. The zero-order chi connectivity index (χ0) is 17.7. The first-order valence-electron chi connectivity index (χ1n) is 8.27. The zero-order valence-corrected chi connectivity index (χ0v) is 14.1. The monoisotopic (exact) mass is 343 g/mol. The molecule has 1 aromatic carbocycles. The van der Waals surface area contributed by atoms with Crippen LogP contribution in [0.1, 0.15) is 25.8 Å². The predicted octanol–water partition coefficient (Wildman–Crippen LogP) is 2.74. The Hall–Kier alpha value is -1.76. The molecule has 134 valence electrons. The van der Waals surface area contributed by atoms with Gasteiger partial charge in [0.25, 0.3) is 0 Å². The van der Waals surface area contributed by atoms with E-state index in [0.717, 1.165) is 12.5 Å². The van der Waals surface area contributed by atoms with Crippen molar-refractivity contribution in [3.8, 4) is 0 Å². The highest BCUT2D eigenvalue weighted by atomic mass is 19.4. The van der Waals surface area contributed by atoms with Crippen LogP contribution >= 0.6 is 0 Å². The Morgan fingerprint density at radius 1 is 1.25 bits per heavy atom. The summed E-state index contributed by atoms with van der Waals surface area (Å²) in [6.45, 7) is 7.03. The summed E-state index contributed by atoms with van der Waals surface area (Å²) in [4.78, 5) is 16.0. The number of piperazine rings is 1. The van der Waals surface area contributed by atoms with Crippen LogP contribution in [0.25, 0.3) is 0 Å². The van der Waals surface area contributed by atoms with E-state index in [2.05, 4.69) is 10.2 Å². The van der Waals surface area contributed by atoms with Gasteiger partial charge in [-0.1, -0.05) is 13.0 Å². The van der Waals surface area contributed by atoms with Crippen molar-refractivity contribution in [2.24, 2.45) is 0 Å². The Labute approximate surface area is 140 Å². The quantitative estimate of drug-likeness (QED) is 0.893. The minimum Gasteiger partial charge on any atom is -0.369 e. The molecule has 1 heterocycles. The maximum Gasteiger partial charge on any atom is 0.416 e. The fourth-order valence-electron chi connectivity index (χ4n) is 2.81. The molecule has 0 aliphatic carbocycles. The SMILES string of the molecule is CCCNC(=O)[C@@H](C)N1CCN(c2cccc(C(F)(F)F)c2)CC1. The molecule has 1 aromatic rings. The standard InChI is InChI=1S/C17H24F3N3O/c1-3-7-21-16(24)13(2)22-8-10-23(11-9-22)15-6-4-5-14(12-15)17(18,19)20/h4-6,12-13H,3,7-11H2,1-2H3,(H,21,24)/t13-/m1/s1. The van der Waals surface area contributed by atoms with E-state index in [1.165, 1.54) is 12.1 Å². The predicted molar refractivity (Wildman–Crippen MR) is 88.0 cm³/mol. The lowest BCUT2D eigenvalue weighted by atomic mass is 10.1. The van der Waals surface area contributed by atoms with E-state index in [4.69, 9.17) is 0 Å². The van der Waals surface area contributed by atoms with Crippen molar-refractivity contribution in [2.45, 2.75) is 32.5 Å². The highest BCUT2D eigenvalue weighted by molar-refractivity contribution is 5.81. The zero-order valence-electron chi connectivity index (χ0n) is 14.1. The Morgan fingerprint density at radius 3 is 2.50 bits per heavy atom.